The molecule has 2 aliphatic carbocycles. The van der Waals surface area contributed by atoms with Gasteiger partial charge in [0.15, 0.2) is 0 Å². The standard InChI is InChI=1S/C18H21F3N2O2/c1-15(2)16(3)8-9-17(15,10-13(16)23-25)14(24)22-12-7-5-4-6-11(12)18(19,20)21/h4-7,25H,8-10H2,1-3H3,(H,22,24)/b23-13+. The lowest BCUT2D eigenvalue weighted by atomic mass is 9.64. The van der Waals surface area contributed by atoms with Crippen LogP contribution >= 0.6 is 0 Å². The fraction of sp³-hybridized carbons (Fsp3) is 0.556. The number of carbonyl (C=O) groups excluding carboxylic acids is 1. The summed E-state index contributed by atoms with van der Waals surface area (Å²) in [4.78, 5) is 13.1. The van der Waals surface area contributed by atoms with E-state index >= 15 is 0 Å². The molecule has 0 aliphatic heterocycles. The van der Waals surface area contributed by atoms with Crippen LogP contribution in [0.25, 0.3) is 0 Å². The number of hydrogen-bond acceptors (Lipinski definition) is 3. The van der Waals surface area contributed by atoms with Crippen molar-refractivity contribution in [2.24, 2.45) is 21.4 Å². The van der Waals surface area contributed by atoms with Gasteiger partial charge >= 0.3 is 6.18 Å². The second kappa shape index (κ2) is 5.22. The van der Waals surface area contributed by atoms with Crippen molar-refractivity contribution in [1.82, 2.24) is 0 Å². The van der Waals surface area contributed by atoms with Crippen LogP contribution in [0.2, 0.25) is 0 Å². The molecule has 0 spiro atoms. The highest BCUT2D eigenvalue weighted by atomic mass is 19.4. The van der Waals surface area contributed by atoms with E-state index in [4.69, 9.17) is 0 Å². The van der Waals surface area contributed by atoms with Gasteiger partial charge in [0, 0.05) is 11.8 Å². The lowest BCUT2D eigenvalue weighted by Crippen LogP contribution is -2.43. The van der Waals surface area contributed by atoms with Gasteiger partial charge in [-0.25, -0.2) is 0 Å². The predicted molar refractivity (Wildman–Crippen MR) is 87.5 cm³/mol. The Labute approximate surface area is 144 Å². The van der Waals surface area contributed by atoms with Gasteiger partial charge in [-0.3, -0.25) is 4.79 Å². The number of hydrogen-bond donors (Lipinski definition) is 2. The predicted octanol–water partition coefficient (Wildman–Crippen LogP) is 4.69. The fourth-order valence-electron chi connectivity index (χ4n) is 4.62. The minimum atomic E-state index is -4.55. The molecule has 4 nitrogen and oxygen atoms in total. The van der Waals surface area contributed by atoms with Gasteiger partial charge in [-0.15, -0.1) is 0 Å². The first-order valence-electron chi connectivity index (χ1n) is 8.19. The van der Waals surface area contributed by atoms with Gasteiger partial charge in [-0.1, -0.05) is 38.1 Å². The SMILES string of the molecule is CC12CCC(C(=O)Nc3ccccc3C(F)(F)F)(C/C1=N\O)C2(C)C. The average molecular weight is 354 g/mol. The first-order valence-corrected chi connectivity index (χ1v) is 8.19. The summed E-state index contributed by atoms with van der Waals surface area (Å²) < 4.78 is 39.6. The van der Waals surface area contributed by atoms with Crippen molar-refractivity contribution in [3.05, 3.63) is 29.8 Å². The van der Waals surface area contributed by atoms with Crippen LogP contribution in [0.1, 0.15) is 45.6 Å². The van der Waals surface area contributed by atoms with Crippen LogP contribution < -0.4 is 5.32 Å². The first-order chi connectivity index (χ1) is 11.5. The molecular formula is C18H21F3N2O2. The third-order valence-electron chi connectivity index (χ3n) is 6.77. The van der Waals surface area contributed by atoms with E-state index in [-0.39, 0.29) is 12.1 Å². The molecule has 1 aromatic rings. The van der Waals surface area contributed by atoms with Crippen molar-refractivity contribution >= 4 is 17.3 Å². The molecule has 1 aromatic carbocycles. The Hall–Kier alpha value is -2.05. The summed E-state index contributed by atoms with van der Waals surface area (Å²) in [6.45, 7) is 5.80. The zero-order chi connectivity index (χ0) is 18.7. The number of nitrogens with one attached hydrogen (secondary N) is 1. The van der Waals surface area contributed by atoms with E-state index in [1.54, 1.807) is 0 Å². The maximum Gasteiger partial charge on any atom is 0.418 e. The molecule has 2 N–H and O–H groups in total. The molecule has 2 unspecified atom stereocenters. The zero-order valence-corrected chi connectivity index (χ0v) is 14.4. The largest absolute Gasteiger partial charge is 0.418 e. The van der Waals surface area contributed by atoms with Crippen molar-refractivity contribution in [3.8, 4) is 0 Å². The molecule has 2 bridgehead atoms. The third-order valence-corrected chi connectivity index (χ3v) is 6.77. The molecule has 2 fully saturated rings. The van der Waals surface area contributed by atoms with Gasteiger partial charge in [-0.05, 0) is 30.4 Å². The summed E-state index contributed by atoms with van der Waals surface area (Å²) >= 11 is 0. The molecule has 2 atom stereocenters. The van der Waals surface area contributed by atoms with Crippen LogP contribution in [0.15, 0.2) is 29.4 Å². The molecular weight excluding hydrogens is 333 g/mol. The van der Waals surface area contributed by atoms with E-state index in [2.05, 4.69) is 10.5 Å². The highest BCUT2D eigenvalue weighted by Crippen LogP contribution is 2.71. The van der Waals surface area contributed by atoms with Crippen molar-refractivity contribution < 1.29 is 23.2 Å². The van der Waals surface area contributed by atoms with Gasteiger partial charge in [0.1, 0.15) is 0 Å². The minimum absolute atomic E-state index is 0.242. The lowest BCUT2D eigenvalue weighted by Gasteiger charge is -2.39. The fourth-order valence-corrected chi connectivity index (χ4v) is 4.62. The minimum Gasteiger partial charge on any atom is -0.411 e. The van der Waals surface area contributed by atoms with Crippen LogP contribution in [0, 0.1) is 16.2 Å². The second-order valence-corrected chi connectivity index (χ2v) is 7.76. The van der Waals surface area contributed by atoms with Crippen LogP contribution in [0.4, 0.5) is 18.9 Å². The van der Waals surface area contributed by atoms with Crippen molar-refractivity contribution in [2.45, 2.75) is 46.2 Å². The van der Waals surface area contributed by atoms with Gasteiger partial charge in [0.2, 0.25) is 5.91 Å². The van der Waals surface area contributed by atoms with Gasteiger partial charge in [0.05, 0.1) is 22.4 Å². The van der Waals surface area contributed by atoms with Crippen molar-refractivity contribution in [3.63, 3.8) is 0 Å². The average Bonchev–Trinajstić information content (AvgIpc) is 2.84. The third kappa shape index (κ3) is 2.20. The maximum absolute atomic E-state index is 13.2. The number of rotatable bonds is 2. The van der Waals surface area contributed by atoms with E-state index in [0.717, 1.165) is 6.07 Å². The topological polar surface area (TPSA) is 61.7 Å². The van der Waals surface area contributed by atoms with Crippen LogP contribution in [-0.2, 0) is 11.0 Å². The quantitative estimate of drug-likeness (QED) is 0.598. The van der Waals surface area contributed by atoms with Gasteiger partial charge in [-0.2, -0.15) is 13.2 Å². The molecule has 25 heavy (non-hydrogen) atoms. The summed E-state index contributed by atoms with van der Waals surface area (Å²) in [6, 6.07) is 4.96. The highest BCUT2D eigenvalue weighted by Gasteiger charge is 2.71. The molecule has 7 heteroatoms. The molecule has 0 saturated heterocycles. The molecule has 136 valence electrons. The van der Waals surface area contributed by atoms with Gasteiger partial charge in [0.25, 0.3) is 0 Å². The number of halogens is 3. The summed E-state index contributed by atoms with van der Waals surface area (Å²) in [6.07, 6.45) is -3.08. The Bertz CT molecular complexity index is 757. The summed E-state index contributed by atoms with van der Waals surface area (Å²) in [5.41, 5.74) is -2.42. The highest BCUT2D eigenvalue weighted by molar-refractivity contribution is 6.06. The number of alkyl halides is 3. The molecule has 2 aliphatic rings. The van der Waals surface area contributed by atoms with Crippen LogP contribution in [0.5, 0.6) is 0 Å². The molecule has 0 aromatic heterocycles. The Morgan fingerprint density at radius 3 is 2.40 bits per heavy atom. The van der Waals surface area contributed by atoms with E-state index in [1.165, 1.54) is 18.2 Å². The van der Waals surface area contributed by atoms with Crippen LogP contribution in [-0.4, -0.2) is 16.8 Å². The normalized spacial score (nSPS) is 32.2. The number of oxime groups is 1. The van der Waals surface area contributed by atoms with E-state index in [0.29, 0.717) is 18.6 Å². The lowest BCUT2D eigenvalue weighted by molar-refractivity contribution is -0.137. The monoisotopic (exact) mass is 354 g/mol. The first kappa shape index (κ1) is 17.8. The van der Waals surface area contributed by atoms with Crippen LogP contribution in [0.3, 0.4) is 0 Å². The summed E-state index contributed by atoms with van der Waals surface area (Å²) in [7, 11) is 0. The molecule has 1 amide bonds. The Morgan fingerprint density at radius 1 is 1.20 bits per heavy atom. The number of fused-ring (bicyclic) bond motifs is 2. The molecule has 2 saturated carbocycles. The maximum atomic E-state index is 13.2. The second-order valence-electron chi connectivity index (χ2n) is 7.76. The Kier molecular flexibility index (Phi) is 3.71. The van der Waals surface area contributed by atoms with Gasteiger partial charge < -0.3 is 10.5 Å². The molecule has 0 heterocycles. The Morgan fingerprint density at radius 2 is 1.84 bits per heavy atom. The Balaban J connectivity index is 1.99. The number of anilines is 1. The van der Waals surface area contributed by atoms with E-state index in [9.17, 15) is 23.2 Å². The summed E-state index contributed by atoms with van der Waals surface area (Å²) in [5, 5.41) is 15.2. The zero-order valence-electron chi connectivity index (χ0n) is 14.4. The van der Waals surface area contributed by atoms with Crippen molar-refractivity contribution in [1.29, 1.82) is 0 Å². The molecule has 0 radical (unpaired) electrons. The number of carbonyl (C=O) groups is 1. The smallest absolute Gasteiger partial charge is 0.411 e. The molecule has 3 rings (SSSR count). The van der Waals surface area contributed by atoms with E-state index < -0.39 is 33.9 Å². The number of para-hydroxylation sites is 1. The number of benzene rings is 1. The summed E-state index contributed by atoms with van der Waals surface area (Å²) in [5.74, 6) is -0.448. The van der Waals surface area contributed by atoms with Crippen molar-refractivity contribution in [2.75, 3.05) is 5.32 Å². The number of nitrogens with zero attached hydrogens (tertiary/aromatic N) is 1. The number of amides is 1. The van der Waals surface area contributed by atoms with E-state index in [1.807, 2.05) is 20.8 Å².